The highest BCUT2D eigenvalue weighted by molar-refractivity contribution is 5.38. The number of aromatic nitrogens is 2. The molecule has 0 radical (unpaired) electrons. The molecule has 1 aromatic rings. The van der Waals surface area contributed by atoms with E-state index in [1.807, 2.05) is 6.07 Å². The number of anilines is 1. The maximum atomic E-state index is 8.80. The van der Waals surface area contributed by atoms with Gasteiger partial charge in [0.1, 0.15) is 11.9 Å². The maximum Gasteiger partial charge on any atom is 0.158 e. The molecule has 2 fully saturated rings. The molecule has 1 aromatic heterocycles. The first-order valence-electron chi connectivity index (χ1n) is 7.78. The highest BCUT2D eigenvalue weighted by Gasteiger charge is 2.36. The number of nitriles is 1. The zero-order valence-corrected chi connectivity index (χ0v) is 12.0. The van der Waals surface area contributed by atoms with E-state index in [-0.39, 0.29) is 0 Å². The molecule has 1 aliphatic carbocycles. The van der Waals surface area contributed by atoms with Crippen molar-refractivity contribution in [3.8, 4) is 6.07 Å². The molecule has 0 amide bonds. The fraction of sp³-hybridized carbons (Fsp3) is 0.688. The number of nitrogens with zero attached hydrogens (tertiary/aromatic N) is 4. The van der Waals surface area contributed by atoms with Crippen molar-refractivity contribution in [2.75, 3.05) is 18.0 Å². The second-order valence-electron chi connectivity index (χ2n) is 6.31. The molecule has 0 atom stereocenters. The van der Waals surface area contributed by atoms with Gasteiger partial charge in [-0.3, -0.25) is 0 Å². The number of rotatable bonds is 1. The fourth-order valence-electron chi connectivity index (χ4n) is 3.83. The number of hydrogen-bond donors (Lipinski definition) is 0. The number of piperidine rings is 1. The third kappa shape index (κ3) is 2.77. The lowest BCUT2D eigenvalue weighted by Gasteiger charge is -2.43. The van der Waals surface area contributed by atoms with Crippen LogP contribution in [0.4, 0.5) is 5.82 Å². The van der Waals surface area contributed by atoms with E-state index in [1.54, 1.807) is 12.4 Å². The molecule has 2 heterocycles. The Morgan fingerprint density at radius 3 is 2.40 bits per heavy atom. The summed E-state index contributed by atoms with van der Waals surface area (Å²) >= 11 is 0. The molecule has 1 saturated carbocycles. The van der Waals surface area contributed by atoms with E-state index in [9.17, 15) is 0 Å². The van der Waals surface area contributed by atoms with Crippen molar-refractivity contribution in [3.05, 3.63) is 18.1 Å². The SMILES string of the molecule is N#Cc1cnc(N2CCCC3(CCCCCC3)C2)cn1. The average Bonchev–Trinajstić information content (AvgIpc) is 2.73. The Bertz CT molecular complexity index is 480. The lowest BCUT2D eigenvalue weighted by atomic mass is 9.74. The summed E-state index contributed by atoms with van der Waals surface area (Å²) in [6, 6.07) is 2.03. The Morgan fingerprint density at radius 1 is 1.00 bits per heavy atom. The maximum absolute atomic E-state index is 8.80. The van der Waals surface area contributed by atoms with Crippen molar-refractivity contribution < 1.29 is 0 Å². The van der Waals surface area contributed by atoms with E-state index < -0.39 is 0 Å². The van der Waals surface area contributed by atoms with Gasteiger partial charge in [0.05, 0.1) is 12.4 Å². The molecule has 0 bridgehead atoms. The molecule has 1 spiro atoms. The summed E-state index contributed by atoms with van der Waals surface area (Å²) in [7, 11) is 0. The van der Waals surface area contributed by atoms with Gasteiger partial charge in [0.15, 0.2) is 5.69 Å². The Hall–Kier alpha value is -1.63. The molecular formula is C16H22N4. The van der Waals surface area contributed by atoms with Crippen LogP contribution >= 0.6 is 0 Å². The third-order valence-corrected chi connectivity index (χ3v) is 4.90. The molecule has 2 aliphatic rings. The lowest BCUT2D eigenvalue weighted by Crippen LogP contribution is -2.43. The summed E-state index contributed by atoms with van der Waals surface area (Å²) in [6.45, 7) is 2.19. The van der Waals surface area contributed by atoms with Crippen LogP contribution in [0, 0.1) is 16.7 Å². The first-order chi connectivity index (χ1) is 9.81. The molecule has 0 unspecified atom stereocenters. The van der Waals surface area contributed by atoms with E-state index in [2.05, 4.69) is 14.9 Å². The molecule has 3 rings (SSSR count). The summed E-state index contributed by atoms with van der Waals surface area (Å²) in [5.41, 5.74) is 0.902. The quantitative estimate of drug-likeness (QED) is 0.785. The molecule has 20 heavy (non-hydrogen) atoms. The molecule has 0 N–H and O–H groups in total. The summed E-state index contributed by atoms with van der Waals surface area (Å²) < 4.78 is 0. The highest BCUT2D eigenvalue weighted by Crippen LogP contribution is 2.42. The predicted octanol–water partition coefficient (Wildman–Crippen LogP) is 3.29. The van der Waals surface area contributed by atoms with Crippen LogP contribution in [0.2, 0.25) is 0 Å². The van der Waals surface area contributed by atoms with Gasteiger partial charge in [-0.15, -0.1) is 0 Å². The van der Waals surface area contributed by atoms with Gasteiger partial charge in [-0.2, -0.15) is 5.26 Å². The minimum atomic E-state index is 0.398. The second kappa shape index (κ2) is 5.78. The molecule has 1 aliphatic heterocycles. The average molecular weight is 270 g/mol. The first kappa shape index (κ1) is 13.4. The van der Waals surface area contributed by atoms with Crippen molar-refractivity contribution in [1.82, 2.24) is 9.97 Å². The van der Waals surface area contributed by atoms with Gasteiger partial charge in [0.25, 0.3) is 0 Å². The Labute approximate surface area is 120 Å². The van der Waals surface area contributed by atoms with E-state index in [0.717, 1.165) is 18.9 Å². The minimum absolute atomic E-state index is 0.398. The molecule has 0 aromatic carbocycles. The van der Waals surface area contributed by atoms with E-state index in [0.29, 0.717) is 11.1 Å². The van der Waals surface area contributed by atoms with Crippen LogP contribution in [0.25, 0.3) is 0 Å². The van der Waals surface area contributed by atoms with Crippen LogP contribution in [-0.2, 0) is 0 Å². The van der Waals surface area contributed by atoms with Gasteiger partial charge in [0, 0.05) is 13.1 Å². The van der Waals surface area contributed by atoms with Crippen molar-refractivity contribution >= 4 is 5.82 Å². The standard InChI is InChI=1S/C16H22N4/c17-10-14-11-19-15(12-18-14)20-9-5-8-16(13-20)6-3-1-2-4-7-16/h11-12H,1-9,13H2. The Balaban J connectivity index is 1.75. The normalized spacial score (nSPS) is 22.2. The fourth-order valence-corrected chi connectivity index (χ4v) is 3.83. The lowest BCUT2D eigenvalue weighted by molar-refractivity contribution is 0.198. The highest BCUT2D eigenvalue weighted by atomic mass is 15.2. The van der Waals surface area contributed by atoms with Crippen LogP contribution < -0.4 is 4.90 Å². The second-order valence-corrected chi connectivity index (χ2v) is 6.31. The smallest absolute Gasteiger partial charge is 0.158 e. The third-order valence-electron chi connectivity index (χ3n) is 4.90. The molecule has 1 saturated heterocycles. The van der Waals surface area contributed by atoms with Crippen LogP contribution in [0.5, 0.6) is 0 Å². The van der Waals surface area contributed by atoms with Gasteiger partial charge in [0.2, 0.25) is 0 Å². The monoisotopic (exact) mass is 270 g/mol. The van der Waals surface area contributed by atoms with Gasteiger partial charge in [-0.05, 0) is 31.1 Å². The van der Waals surface area contributed by atoms with E-state index in [1.165, 1.54) is 51.4 Å². The Morgan fingerprint density at radius 2 is 1.75 bits per heavy atom. The first-order valence-corrected chi connectivity index (χ1v) is 7.78. The summed E-state index contributed by atoms with van der Waals surface area (Å²) in [4.78, 5) is 11.0. The Kier molecular flexibility index (Phi) is 3.86. The summed E-state index contributed by atoms with van der Waals surface area (Å²) in [5, 5.41) is 8.80. The van der Waals surface area contributed by atoms with E-state index in [4.69, 9.17) is 5.26 Å². The molecule has 106 valence electrons. The van der Waals surface area contributed by atoms with Crippen molar-refractivity contribution in [2.45, 2.75) is 51.4 Å². The van der Waals surface area contributed by atoms with Gasteiger partial charge in [-0.1, -0.05) is 25.7 Å². The molecule has 4 nitrogen and oxygen atoms in total. The van der Waals surface area contributed by atoms with Crippen LogP contribution in [0.1, 0.15) is 57.1 Å². The zero-order valence-electron chi connectivity index (χ0n) is 12.0. The largest absolute Gasteiger partial charge is 0.355 e. The van der Waals surface area contributed by atoms with Gasteiger partial charge >= 0.3 is 0 Å². The van der Waals surface area contributed by atoms with Gasteiger partial charge in [-0.25, -0.2) is 9.97 Å². The van der Waals surface area contributed by atoms with Crippen molar-refractivity contribution in [3.63, 3.8) is 0 Å². The molecular weight excluding hydrogens is 248 g/mol. The van der Waals surface area contributed by atoms with Crippen LogP contribution in [0.3, 0.4) is 0 Å². The molecule has 4 heteroatoms. The predicted molar refractivity (Wildman–Crippen MR) is 78.3 cm³/mol. The van der Waals surface area contributed by atoms with Crippen molar-refractivity contribution in [1.29, 1.82) is 5.26 Å². The summed E-state index contributed by atoms with van der Waals surface area (Å²) in [5.74, 6) is 0.937. The van der Waals surface area contributed by atoms with Crippen molar-refractivity contribution in [2.24, 2.45) is 5.41 Å². The zero-order chi connectivity index (χ0) is 13.8. The van der Waals surface area contributed by atoms with Crippen LogP contribution in [0.15, 0.2) is 12.4 Å². The topological polar surface area (TPSA) is 52.8 Å². The van der Waals surface area contributed by atoms with Crippen LogP contribution in [-0.4, -0.2) is 23.1 Å². The number of hydrogen-bond acceptors (Lipinski definition) is 4. The minimum Gasteiger partial charge on any atom is -0.355 e. The van der Waals surface area contributed by atoms with Gasteiger partial charge < -0.3 is 4.90 Å². The van der Waals surface area contributed by atoms with E-state index >= 15 is 0 Å². The summed E-state index contributed by atoms with van der Waals surface area (Å²) in [6.07, 6.45) is 14.3.